The van der Waals surface area contributed by atoms with Gasteiger partial charge in [0, 0.05) is 43.5 Å². The number of ether oxygens (including phenoxy) is 1. The summed E-state index contributed by atoms with van der Waals surface area (Å²) in [6.07, 6.45) is 0.544. The van der Waals surface area contributed by atoms with Crippen LogP contribution in [0.15, 0.2) is 41.3 Å². The quantitative estimate of drug-likeness (QED) is 0.578. The molecule has 0 unspecified atom stereocenters. The van der Waals surface area contributed by atoms with E-state index >= 15 is 0 Å². The Morgan fingerprint density at radius 3 is 2.33 bits per heavy atom. The molecule has 0 atom stereocenters. The molecule has 0 bridgehead atoms. The van der Waals surface area contributed by atoms with Crippen molar-refractivity contribution >= 4 is 32.5 Å². The van der Waals surface area contributed by atoms with Crippen molar-refractivity contribution in [3.8, 4) is 0 Å². The smallest absolute Gasteiger partial charge is 0.306 e. The molecule has 0 amide bonds. The molecule has 0 aliphatic rings. The first-order valence-corrected chi connectivity index (χ1v) is 10.4. The van der Waals surface area contributed by atoms with E-state index in [0.717, 1.165) is 11.1 Å². The van der Waals surface area contributed by atoms with E-state index in [1.54, 1.807) is 39.0 Å². The highest BCUT2D eigenvalue weighted by Crippen LogP contribution is 2.30. The minimum absolute atomic E-state index is 0.167. The van der Waals surface area contributed by atoms with Gasteiger partial charge in [0.05, 0.1) is 4.90 Å². The van der Waals surface area contributed by atoms with Gasteiger partial charge in [-0.25, -0.2) is 13.1 Å². The molecule has 0 fully saturated rings. The van der Waals surface area contributed by atoms with Crippen molar-refractivity contribution in [1.82, 2.24) is 4.72 Å². The first-order valence-electron chi connectivity index (χ1n) is 8.92. The number of hydrogen-bond acceptors (Lipinski definition) is 5. The van der Waals surface area contributed by atoms with Crippen LogP contribution < -0.4 is 9.62 Å². The van der Waals surface area contributed by atoms with Crippen LogP contribution in [0.3, 0.4) is 0 Å². The summed E-state index contributed by atoms with van der Waals surface area (Å²) < 4.78 is 33.3. The second-order valence-corrected chi connectivity index (χ2v) is 9.35. The van der Waals surface area contributed by atoms with Crippen LogP contribution in [0.2, 0.25) is 0 Å². The summed E-state index contributed by atoms with van der Waals surface area (Å²) in [5.41, 5.74) is 0.415. The van der Waals surface area contributed by atoms with Crippen molar-refractivity contribution in [3.05, 3.63) is 36.4 Å². The van der Waals surface area contributed by atoms with Crippen LogP contribution in [0.5, 0.6) is 0 Å². The summed E-state index contributed by atoms with van der Waals surface area (Å²) in [6.45, 7) is 5.58. The van der Waals surface area contributed by atoms with Gasteiger partial charge in [-0.2, -0.15) is 0 Å². The number of nitrogens with one attached hydrogen (secondary N) is 1. The van der Waals surface area contributed by atoms with Crippen LogP contribution in [-0.4, -0.2) is 40.6 Å². The van der Waals surface area contributed by atoms with Crippen molar-refractivity contribution in [2.75, 3.05) is 25.5 Å². The molecule has 7 heteroatoms. The largest absolute Gasteiger partial charge is 0.460 e. The van der Waals surface area contributed by atoms with Crippen molar-refractivity contribution < 1.29 is 17.9 Å². The lowest BCUT2D eigenvalue weighted by Crippen LogP contribution is -2.27. The number of carbonyl (C=O) groups is 1. The van der Waals surface area contributed by atoms with E-state index in [2.05, 4.69) is 4.72 Å². The molecule has 2 aromatic carbocycles. The molecule has 0 saturated heterocycles. The van der Waals surface area contributed by atoms with E-state index in [-0.39, 0.29) is 23.8 Å². The lowest BCUT2D eigenvalue weighted by Gasteiger charge is -2.19. The van der Waals surface area contributed by atoms with E-state index in [1.165, 1.54) is 0 Å². The van der Waals surface area contributed by atoms with Gasteiger partial charge in [-0.1, -0.05) is 24.3 Å². The Bertz CT molecular complexity index is 915. The number of hydrogen-bond donors (Lipinski definition) is 1. The van der Waals surface area contributed by atoms with E-state index < -0.39 is 15.6 Å². The fourth-order valence-electron chi connectivity index (χ4n) is 2.80. The van der Waals surface area contributed by atoms with Gasteiger partial charge in [0.15, 0.2) is 0 Å². The van der Waals surface area contributed by atoms with Crippen LogP contribution in [0, 0.1) is 0 Å². The fourth-order valence-corrected chi connectivity index (χ4v) is 4.09. The molecule has 0 heterocycles. The summed E-state index contributed by atoms with van der Waals surface area (Å²) in [6, 6.07) is 10.8. The molecular weight excluding hydrogens is 364 g/mol. The third-order valence-corrected chi connectivity index (χ3v) is 5.42. The number of rotatable bonds is 7. The molecule has 0 saturated carbocycles. The normalized spacial score (nSPS) is 12.2. The van der Waals surface area contributed by atoms with E-state index in [0.29, 0.717) is 11.8 Å². The number of carbonyl (C=O) groups excluding carboxylic acids is 1. The predicted molar refractivity (Wildman–Crippen MR) is 109 cm³/mol. The van der Waals surface area contributed by atoms with Gasteiger partial charge < -0.3 is 9.64 Å². The highest BCUT2D eigenvalue weighted by atomic mass is 32.2. The molecule has 0 aliphatic heterocycles. The molecular formula is C20H28N2O4S. The molecule has 0 aromatic heterocycles. The van der Waals surface area contributed by atoms with Gasteiger partial charge in [-0.15, -0.1) is 0 Å². The molecule has 27 heavy (non-hydrogen) atoms. The summed E-state index contributed by atoms with van der Waals surface area (Å²) in [7, 11) is 0.160. The van der Waals surface area contributed by atoms with Gasteiger partial charge in [-0.3, -0.25) is 4.79 Å². The Morgan fingerprint density at radius 2 is 1.70 bits per heavy atom. The number of fused-ring (bicyclic) bond motifs is 1. The Morgan fingerprint density at radius 1 is 1.07 bits per heavy atom. The van der Waals surface area contributed by atoms with Crippen LogP contribution in [-0.2, 0) is 19.6 Å². The van der Waals surface area contributed by atoms with Crippen molar-refractivity contribution in [3.63, 3.8) is 0 Å². The zero-order valence-corrected chi connectivity index (χ0v) is 17.4. The summed E-state index contributed by atoms with van der Waals surface area (Å²) in [4.78, 5) is 13.9. The van der Waals surface area contributed by atoms with E-state index in [4.69, 9.17) is 4.74 Å². The number of nitrogens with zero attached hydrogens (tertiary/aromatic N) is 1. The van der Waals surface area contributed by atoms with Crippen molar-refractivity contribution in [2.45, 2.75) is 44.1 Å². The molecule has 1 N–H and O–H groups in total. The van der Waals surface area contributed by atoms with Crippen molar-refractivity contribution in [2.24, 2.45) is 0 Å². The fraction of sp³-hybridized carbons (Fsp3) is 0.450. The second-order valence-electron chi connectivity index (χ2n) is 7.61. The summed E-state index contributed by atoms with van der Waals surface area (Å²) in [5.74, 6) is -0.331. The molecule has 148 valence electrons. The SMILES string of the molecule is CN(C)c1cccc2c(S(=O)(=O)NCCCC(=O)OC(C)(C)C)cccc12. The van der Waals surface area contributed by atoms with Gasteiger partial charge >= 0.3 is 5.97 Å². The highest BCUT2D eigenvalue weighted by molar-refractivity contribution is 7.89. The van der Waals surface area contributed by atoms with Gasteiger partial charge in [0.25, 0.3) is 0 Å². The maximum atomic E-state index is 12.8. The maximum absolute atomic E-state index is 12.8. The van der Waals surface area contributed by atoms with E-state index in [9.17, 15) is 13.2 Å². The monoisotopic (exact) mass is 392 g/mol. The molecule has 2 rings (SSSR count). The molecule has 6 nitrogen and oxygen atoms in total. The molecule has 0 radical (unpaired) electrons. The molecule has 0 aliphatic carbocycles. The topological polar surface area (TPSA) is 75.7 Å². The zero-order valence-electron chi connectivity index (χ0n) is 16.6. The number of sulfonamides is 1. The minimum atomic E-state index is -3.68. The lowest BCUT2D eigenvalue weighted by molar-refractivity contribution is -0.154. The Hall–Kier alpha value is -2.12. The summed E-state index contributed by atoms with van der Waals surface area (Å²) in [5, 5.41) is 1.54. The van der Waals surface area contributed by atoms with Crippen LogP contribution >= 0.6 is 0 Å². The predicted octanol–water partition coefficient (Wildman–Crippen LogP) is 3.31. The average Bonchev–Trinajstić information content (AvgIpc) is 2.56. The molecule has 2 aromatic rings. The Balaban J connectivity index is 2.11. The Labute approximate surface area is 161 Å². The number of esters is 1. The number of anilines is 1. The zero-order chi connectivity index (χ0) is 20.2. The van der Waals surface area contributed by atoms with E-state index in [1.807, 2.05) is 37.2 Å². The van der Waals surface area contributed by atoms with Crippen LogP contribution in [0.1, 0.15) is 33.6 Å². The third-order valence-electron chi connectivity index (χ3n) is 3.90. The Kier molecular flexibility index (Phi) is 6.49. The first-order chi connectivity index (χ1) is 12.5. The number of benzene rings is 2. The third kappa shape index (κ3) is 5.68. The standard InChI is InChI=1S/C20H28N2O4S/c1-20(2,3)26-19(23)13-8-14-21-27(24,25)18-12-7-9-15-16(18)10-6-11-17(15)22(4)5/h6-7,9-12,21H,8,13-14H2,1-5H3. The van der Waals surface area contributed by atoms with Crippen LogP contribution in [0.4, 0.5) is 5.69 Å². The lowest BCUT2D eigenvalue weighted by atomic mass is 10.1. The van der Waals surface area contributed by atoms with Crippen LogP contribution in [0.25, 0.3) is 10.8 Å². The highest BCUT2D eigenvalue weighted by Gasteiger charge is 2.19. The van der Waals surface area contributed by atoms with Gasteiger partial charge in [-0.05, 0) is 39.3 Å². The van der Waals surface area contributed by atoms with Crippen molar-refractivity contribution in [1.29, 1.82) is 0 Å². The first kappa shape index (κ1) is 21.2. The minimum Gasteiger partial charge on any atom is -0.460 e. The average molecular weight is 393 g/mol. The van der Waals surface area contributed by atoms with Gasteiger partial charge in [0.1, 0.15) is 5.60 Å². The van der Waals surface area contributed by atoms with Gasteiger partial charge in [0.2, 0.25) is 10.0 Å². The maximum Gasteiger partial charge on any atom is 0.306 e. The summed E-state index contributed by atoms with van der Waals surface area (Å²) >= 11 is 0. The second kappa shape index (κ2) is 8.27. The molecule has 0 spiro atoms.